The Bertz CT molecular complexity index is 875. The fourth-order valence-electron chi connectivity index (χ4n) is 2.10. The lowest BCUT2D eigenvalue weighted by atomic mass is 10.2. The number of halogens is 1. The third-order valence-electron chi connectivity index (χ3n) is 3.28. The molecule has 7 heteroatoms. The van der Waals surface area contributed by atoms with Crippen LogP contribution >= 0.6 is 0 Å². The van der Waals surface area contributed by atoms with E-state index in [0.717, 1.165) is 11.0 Å². The molecule has 0 aliphatic heterocycles. The van der Waals surface area contributed by atoms with E-state index in [2.05, 4.69) is 20.6 Å². The first-order valence-electron chi connectivity index (χ1n) is 6.89. The second-order valence-electron chi connectivity index (χ2n) is 4.86. The van der Waals surface area contributed by atoms with Gasteiger partial charge in [0, 0.05) is 17.8 Å². The predicted molar refractivity (Wildman–Crippen MR) is 83.0 cm³/mol. The molecular weight excluding hydrogens is 299 g/mol. The molecule has 3 N–H and O–H groups in total. The molecule has 3 rings (SSSR count). The number of nitrogens with zero attached hydrogens (tertiary/aromatic N) is 1. The Morgan fingerprint density at radius 1 is 1.13 bits per heavy atom. The van der Waals surface area contributed by atoms with Crippen LogP contribution in [0.3, 0.4) is 0 Å². The first-order chi connectivity index (χ1) is 11.1. The minimum atomic E-state index is -0.835. The number of carbonyl (C=O) groups is 2. The number of anilines is 1. The van der Waals surface area contributed by atoms with Crippen LogP contribution in [0.1, 0.15) is 5.56 Å². The van der Waals surface area contributed by atoms with Crippen molar-refractivity contribution in [3.8, 4) is 0 Å². The van der Waals surface area contributed by atoms with Crippen LogP contribution in [-0.4, -0.2) is 21.8 Å². The van der Waals surface area contributed by atoms with Crippen molar-refractivity contribution in [2.45, 2.75) is 6.54 Å². The number of aromatic amines is 1. The van der Waals surface area contributed by atoms with Crippen LogP contribution in [0.25, 0.3) is 11.0 Å². The summed E-state index contributed by atoms with van der Waals surface area (Å²) < 4.78 is 13.4. The number of amides is 2. The Morgan fingerprint density at radius 3 is 2.78 bits per heavy atom. The van der Waals surface area contributed by atoms with Crippen LogP contribution in [0.4, 0.5) is 10.1 Å². The van der Waals surface area contributed by atoms with E-state index >= 15 is 0 Å². The molecule has 0 radical (unpaired) electrons. The maximum absolute atomic E-state index is 13.4. The maximum atomic E-state index is 13.4. The number of hydrogen-bond acceptors (Lipinski definition) is 3. The van der Waals surface area contributed by atoms with Gasteiger partial charge >= 0.3 is 11.8 Å². The van der Waals surface area contributed by atoms with Gasteiger partial charge in [0.15, 0.2) is 0 Å². The molecule has 0 saturated heterocycles. The number of nitrogens with one attached hydrogen (secondary N) is 3. The summed E-state index contributed by atoms with van der Waals surface area (Å²) in [5.74, 6) is -2.09. The first-order valence-corrected chi connectivity index (χ1v) is 6.89. The van der Waals surface area contributed by atoms with E-state index in [1.165, 1.54) is 12.4 Å². The van der Waals surface area contributed by atoms with E-state index in [-0.39, 0.29) is 6.54 Å². The molecule has 0 unspecified atom stereocenters. The molecule has 3 aromatic rings. The fraction of sp³-hybridized carbons (Fsp3) is 0.0625. The molecule has 116 valence electrons. The highest BCUT2D eigenvalue weighted by Crippen LogP contribution is 2.15. The van der Waals surface area contributed by atoms with Crippen molar-refractivity contribution < 1.29 is 14.0 Å². The lowest BCUT2D eigenvalue weighted by Gasteiger charge is -2.07. The number of aromatic nitrogens is 2. The van der Waals surface area contributed by atoms with Crippen molar-refractivity contribution in [3.05, 3.63) is 60.2 Å². The Morgan fingerprint density at radius 2 is 1.96 bits per heavy atom. The van der Waals surface area contributed by atoms with Crippen molar-refractivity contribution in [1.29, 1.82) is 0 Å². The second kappa shape index (κ2) is 6.27. The van der Waals surface area contributed by atoms with Crippen molar-refractivity contribution in [1.82, 2.24) is 15.3 Å². The van der Waals surface area contributed by atoms with Crippen LogP contribution in [-0.2, 0) is 16.1 Å². The van der Waals surface area contributed by atoms with Gasteiger partial charge in [0.1, 0.15) is 5.82 Å². The highest BCUT2D eigenvalue weighted by atomic mass is 19.1. The van der Waals surface area contributed by atoms with Gasteiger partial charge in [-0.05, 0) is 24.3 Å². The Kier molecular flexibility index (Phi) is 4.01. The van der Waals surface area contributed by atoms with Gasteiger partial charge < -0.3 is 15.6 Å². The zero-order valence-electron chi connectivity index (χ0n) is 12.0. The van der Waals surface area contributed by atoms with E-state index in [0.29, 0.717) is 11.3 Å². The summed E-state index contributed by atoms with van der Waals surface area (Å²) >= 11 is 0. The molecule has 0 aliphatic carbocycles. The maximum Gasteiger partial charge on any atom is 0.313 e. The lowest BCUT2D eigenvalue weighted by Crippen LogP contribution is -2.35. The summed E-state index contributed by atoms with van der Waals surface area (Å²) in [6, 6.07) is 11.1. The van der Waals surface area contributed by atoms with Gasteiger partial charge in [-0.25, -0.2) is 9.37 Å². The Labute approximate surface area is 130 Å². The molecule has 2 aromatic carbocycles. The SMILES string of the molecule is O=C(NCc1ccccc1F)C(=O)Nc1ccc2nc[nH]c2c1. The number of H-pyrrole nitrogens is 1. The molecule has 0 bridgehead atoms. The third-order valence-corrected chi connectivity index (χ3v) is 3.28. The molecule has 2 amide bonds. The van der Waals surface area contributed by atoms with Crippen LogP contribution in [0.5, 0.6) is 0 Å². The van der Waals surface area contributed by atoms with Crippen molar-refractivity contribution in [3.63, 3.8) is 0 Å². The number of rotatable bonds is 3. The molecule has 0 saturated carbocycles. The van der Waals surface area contributed by atoms with Crippen LogP contribution in [0, 0.1) is 5.82 Å². The highest BCUT2D eigenvalue weighted by molar-refractivity contribution is 6.39. The molecule has 1 aromatic heterocycles. The number of hydrogen-bond donors (Lipinski definition) is 3. The third kappa shape index (κ3) is 3.34. The van der Waals surface area contributed by atoms with Gasteiger partial charge in [-0.1, -0.05) is 18.2 Å². The predicted octanol–water partition coefficient (Wildman–Crippen LogP) is 1.96. The van der Waals surface area contributed by atoms with Crippen molar-refractivity contribution >= 4 is 28.5 Å². The smallest absolute Gasteiger partial charge is 0.313 e. The van der Waals surface area contributed by atoms with Crippen LogP contribution < -0.4 is 10.6 Å². The molecule has 23 heavy (non-hydrogen) atoms. The molecule has 0 atom stereocenters. The second-order valence-corrected chi connectivity index (χ2v) is 4.86. The standard InChI is InChI=1S/C16H13FN4O2/c17-12-4-2-1-3-10(12)8-18-15(22)16(23)21-11-5-6-13-14(7-11)20-9-19-13/h1-7,9H,8H2,(H,18,22)(H,19,20)(H,21,23). The fourth-order valence-corrected chi connectivity index (χ4v) is 2.10. The zero-order valence-corrected chi connectivity index (χ0v) is 12.0. The largest absolute Gasteiger partial charge is 0.345 e. The van der Waals surface area contributed by atoms with Gasteiger partial charge in [0.05, 0.1) is 17.4 Å². The normalized spacial score (nSPS) is 10.5. The van der Waals surface area contributed by atoms with E-state index in [9.17, 15) is 14.0 Å². The molecule has 0 fully saturated rings. The highest BCUT2D eigenvalue weighted by Gasteiger charge is 2.14. The number of imidazole rings is 1. The minimum Gasteiger partial charge on any atom is -0.345 e. The topological polar surface area (TPSA) is 86.9 Å². The average Bonchev–Trinajstić information content (AvgIpc) is 3.01. The lowest BCUT2D eigenvalue weighted by molar-refractivity contribution is -0.136. The summed E-state index contributed by atoms with van der Waals surface area (Å²) in [6.45, 7) is -0.0570. The monoisotopic (exact) mass is 312 g/mol. The zero-order chi connectivity index (χ0) is 16.2. The Hall–Kier alpha value is -3.22. The van der Waals surface area contributed by atoms with E-state index < -0.39 is 17.6 Å². The minimum absolute atomic E-state index is 0.0570. The van der Waals surface area contributed by atoms with E-state index in [1.807, 2.05) is 0 Å². The molecule has 6 nitrogen and oxygen atoms in total. The summed E-state index contributed by atoms with van der Waals surface area (Å²) in [7, 11) is 0. The number of fused-ring (bicyclic) bond motifs is 1. The van der Waals surface area contributed by atoms with Gasteiger partial charge in [-0.2, -0.15) is 0 Å². The first kappa shape index (κ1) is 14.7. The van der Waals surface area contributed by atoms with Crippen molar-refractivity contribution in [2.75, 3.05) is 5.32 Å². The van der Waals surface area contributed by atoms with E-state index in [1.54, 1.807) is 36.4 Å². The van der Waals surface area contributed by atoms with E-state index in [4.69, 9.17) is 0 Å². The summed E-state index contributed by atoms with van der Waals surface area (Å²) in [5.41, 5.74) is 2.28. The molecule has 0 aliphatic rings. The number of benzene rings is 2. The quantitative estimate of drug-likeness (QED) is 0.646. The number of carbonyl (C=O) groups excluding carboxylic acids is 2. The van der Waals surface area contributed by atoms with Gasteiger partial charge in [-0.15, -0.1) is 0 Å². The van der Waals surface area contributed by atoms with Crippen LogP contribution in [0.2, 0.25) is 0 Å². The average molecular weight is 312 g/mol. The van der Waals surface area contributed by atoms with Gasteiger partial charge in [-0.3, -0.25) is 9.59 Å². The van der Waals surface area contributed by atoms with Gasteiger partial charge in [0.2, 0.25) is 0 Å². The molecule has 0 spiro atoms. The summed E-state index contributed by atoms with van der Waals surface area (Å²) in [6.07, 6.45) is 1.54. The summed E-state index contributed by atoms with van der Waals surface area (Å²) in [4.78, 5) is 30.6. The molecule has 1 heterocycles. The summed E-state index contributed by atoms with van der Waals surface area (Å²) in [5, 5.41) is 4.86. The van der Waals surface area contributed by atoms with Crippen LogP contribution in [0.15, 0.2) is 48.8 Å². The van der Waals surface area contributed by atoms with Crippen molar-refractivity contribution in [2.24, 2.45) is 0 Å². The molecular formula is C16H13FN4O2. The Balaban J connectivity index is 1.61. The van der Waals surface area contributed by atoms with Gasteiger partial charge in [0.25, 0.3) is 0 Å².